The van der Waals surface area contributed by atoms with Crippen LogP contribution in [0.15, 0.2) is 42.5 Å². The van der Waals surface area contributed by atoms with E-state index in [1.165, 1.54) is 0 Å². The summed E-state index contributed by atoms with van der Waals surface area (Å²) in [6, 6.07) is 13.5. The highest BCUT2D eigenvalue weighted by Gasteiger charge is 2.29. The number of anilines is 1. The Bertz CT molecular complexity index is 1180. The number of esters is 1. The van der Waals surface area contributed by atoms with Crippen molar-refractivity contribution in [3.8, 4) is 0 Å². The van der Waals surface area contributed by atoms with E-state index in [4.69, 9.17) is 9.72 Å². The van der Waals surface area contributed by atoms with Gasteiger partial charge in [0.1, 0.15) is 0 Å². The summed E-state index contributed by atoms with van der Waals surface area (Å²) in [6.07, 6.45) is 0.291. The van der Waals surface area contributed by atoms with Crippen molar-refractivity contribution in [2.24, 2.45) is 0 Å². The molecule has 33 heavy (non-hydrogen) atoms. The third kappa shape index (κ3) is 4.91. The maximum absolute atomic E-state index is 13.5. The number of nitrogens with zero attached hydrogens (tertiary/aromatic N) is 2. The first-order valence-electron chi connectivity index (χ1n) is 11.6. The van der Waals surface area contributed by atoms with Gasteiger partial charge in [0, 0.05) is 41.8 Å². The topological polar surface area (TPSA) is 71.5 Å². The van der Waals surface area contributed by atoms with E-state index in [1.54, 1.807) is 0 Å². The van der Waals surface area contributed by atoms with Crippen molar-refractivity contribution in [2.75, 3.05) is 18.4 Å². The lowest BCUT2D eigenvalue weighted by Crippen LogP contribution is -2.35. The molecule has 1 amide bonds. The molecule has 1 atom stereocenters. The lowest BCUT2D eigenvalue weighted by atomic mass is 9.95. The van der Waals surface area contributed by atoms with E-state index in [9.17, 15) is 9.59 Å². The Labute approximate surface area is 195 Å². The SMILES string of the molecule is CCC(OC(=O)c1c2c(nc3ccccc13)CCN(CC)C2)C(=O)Nc1cc(C)cc(C)c1. The average Bonchev–Trinajstić information content (AvgIpc) is 2.79. The highest BCUT2D eigenvalue weighted by atomic mass is 16.5. The summed E-state index contributed by atoms with van der Waals surface area (Å²) in [5, 5.41) is 3.68. The number of benzene rings is 2. The van der Waals surface area contributed by atoms with E-state index in [1.807, 2.05) is 63.2 Å². The number of nitrogens with one attached hydrogen (secondary N) is 1. The Morgan fingerprint density at radius 1 is 1.12 bits per heavy atom. The van der Waals surface area contributed by atoms with Crippen LogP contribution in [0.2, 0.25) is 0 Å². The largest absolute Gasteiger partial charge is 0.449 e. The van der Waals surface area contributed by atoms with Gasteiger partial charge in [-0.1, -0.05) is 38.1 Å². The van der Waals surface area contributed by atoms with Gasteiger partial charge in [0.15, 0.2) is 6.10 Å². The molecule has 0 radical (unpaired) electrons. The first-order valence-corrected chi connectivity index (χ1v) is 11.6. The van der Waals surface area contributed by atoms with Crippen molar-refractivity contribution in [3.05, 3.63) is 70.4 Å². The van der Waals surface area contributed by atoms with Gasteiger partial charge >= 0.3 is 5.97 Å². The second-order valence-electron chi connectivity index (χ2n) is 8.72. The fourth-order valence-electron chi connectivity index (χ4n) is 4.53. The third-order valence-corrected chi connectivity index (χ3v) is 6.18. The van der Waals surface area contributed by atoms with Crippen LogP contribution in [0.4, 0.5) is 5.69 Å². The second kappa shape index (κ2) is 9.71. The fraction of sp³-hybridized carbons (Fsp3) is 0.370. The van der Waals surface area contributed by atoms with Gasteiger partial charge < -0.3 is 10.1 Å². The molecule has 1 aliphatic heterocycles. The minimum atomic E-state index is -0.883. The van der Waals surface area contributed by atoms with Crippen LogP contribution in [0, 0.1) is 13.8 Å². The summed E-state index contributed by atoms with van der Waals surface area (Å²) in [5.74, 6) is -0.788. The quantitative estimate of drug-likeness (QED) is 0.552. The number of fused-ring (bicyclic) bond motifs is 2. The zero-order valence-corrected chi connectivity index (χ0v) is 19.8. The summed E-state index contributed by atoms with van der Waals surface area (Å²) in [6.45, 7) is 10.4. The number of carbonyl (C=O) groups excluding carboxylic acids is 2. The van der Waals surface area contributed by atoms with Gasteiger partial charge in [0.25, 0.3) is 5.91 Å². The molecule has 1 N–H and O–H groups in total. The zero-order chi connectivity index (χ0) is 23.5. The summed E-state index contributed by atoms with van der Waals surface area (Å²) >= 11 is 0. The average molecular weight is 446 g/mol. The van der Waals surface area contributed by atoms with Gasteiger partial charge in [-0.05, 0) is 56.1 Å². The lowest BCUT2D eigenvalue weighted by molar-refractivity contribution is -0.124. The molecule has 0 saturated heterocycles. The van der Waals surface area contributed by atoms with Crippen LogP contribution in [-0.2, 0) is 22.5 Å². The van der Waals surface area contributed by atoms with Crippen molar-refractivity contribution < 1.29 is 14.3 Å². The van der Waals surface area contributed by atoms with Gasteiger partial charge in [0.2, 0.25) is 0 Å². The van der Waals surface area contributed by atoms with Crippen molar-refractivity contribution in [2.45, 2.75) is 53.2 Å². The molecule has 1 aliphatic rings. The maximum atomic E-state index is 13.5. The number of ether oxygens (including phenoxy) is 1. The zero-order valence-electron chi connectivity index (χ0n) is 19.8. The number of likely N-dealkylation sites (N-methyl/N-ethyl adjacent to an activating group) is 1. The van der Waals surface area contributed by atoms with Crippen LogP contribution in [0.5, 0.6) is 0 Å². The number of aryl methyl sites for hydroxylation is 2. The molecule has 4 rings (SSSR count). The Morgan fingerprint density at radius 3 is 2.55 bits per heavy atom. The van der Waals surface area contributed by atoms with Crippen molar-refractivity contribution in [1.29, 1.82) is 0 Å². The number of aromatic nitrogens is 1. The molecule has 0 spiro atoms. The Kier molecular flexibility index (Phi) is 6.75. The number of hydrogen-bond acceptors (Lipinski definition) is 5. The minimum Gasteiger partial charge on any atom is -0.449 e. The van der Waals surface area contributed by atoms with Crippen molar-refractivity contribution >= 4 is 28.5 Å². The van der Waals surface area contributed by atoms with Crippen molar-refractivity contribution in [3.63, 3.8) is 0 Å². The molecule has 172 valence electrons. The highest BCUT2D eigenvalue weighted by molar-refractivity contribution is 6.06. The fourth-order valence-corrected chi connectivity index (χ4v) is 4.53. The van der Waals surface area contributed by atoms with Crippen LogP contribution < -0.4 is 5.32 Å². The second-order valence-corrected chi connectivity index (χ2v) is 8.72. The van der Waals surface area contributed by atoms with E-state index in [-0.39, 0.29) is 5.91 Å². The molecule has 0 saturated carbocycles. The highest BCUT2D eigenvalue weighted by Crippen LogP contribution is 2.29. The normalized spacial score (nSPS) is 14.5. The summed E-state index contributed by atoms with van der Waals surface area (Å²) in [5.41, 5.74) is 6.00. The monoisotopic (exact) mass is 445 g/mol. The van der Waals surface area contributed by atoms with E-state index in [2.05, 4.69) is 17.1 Å². The summed E-state index contributed by atoms with van der Waals surface area (Å²) < 4.78 is 5.83. The van der Waals surface area contributed by atoms with Gasteiger partial charge in [0.05, 0.1) is 11.1 Å². The molecular weight excluding hydrogens is 414 g/mol. The predicted octanol–water partition coefficient (Wildman–Crippen LogP) is 4.80. The van der Waals surface area contributed by atoms with Crippen LogP contribution in [0.3, 0.4) is 0 Å². The summed E-state index contributed by atoms with van der Waals surface area (Å²) in [4.78, 5) is 33.6. The van der Waals surface area contributed by atoms with Crippen LogP contribution in [0.25, 0.3) is 10.9 Å². The van der Waals surface area contributed by atoms with Gasteiger partial charge in [-0.15, -0.1) is 0 Å². The molecule has 2 heterocycles. The minimum absolute atomic E-state index is 0.321. The molecule has 0 fully saturated rings. The van der Waals surface area contributed by atoms with Crippen molar-refractivity contribution in [1.82, 2.24) is 9.88 Å². The van der Waals surface area contributed by atoms with E-state index in [0.717, 1.165) is 52.8 Å². The van der Waals surface area contributed by atoms with E-state index in [0.29, 0.717) is 24.2 Å². The smallest absolute Gasteiger partial charge is 0.340 e. The predicted molar refractivity (Wildman–Crippen MR) is 130 cm³/mol. The molecule has 6 nitrogen and oxygen atoms in total. The molecule has 3 aromatic rings. The maximum Gasteiger partial charge on any atom is 0.340 e. The van der Waals surface area contributed by atoms with Crippen LogP contribution >= 0.6 is 0 Å². The first-order chi connectivity index (χ1) is 15.9. The van der Waals surface area contributed by atoms with Gasteiger partial charge in [-0.2, -0.15) is 0 Å². The molecule has 2 aromatic carbocycles. The Morgan fingerprint density at radius 2 is 1.85 bits per heavy atom. The third-order valence-electron chi connectivity index (χ3n) is 6.18. The molecule has 0 bridgehead atoms. The standard InChI is InChI=1S/C27H31N3O3/c1-5-24(26(31)28-19-14-17(3)13-18(4)15-19)33-27(32)25-20-9-7-8-10-22(20)29-23-11-12-30(6-2)16-21(23)25/h7-10,13-15,24H,5-6,11-12,16H2,1-4H3,(H,28,31). The van der Waals surface area contributed by atoms with Gasteiger partial charge in [-0.25, -0.2) is 4.79 Å². The molecule has 0 aliphatic carbocycles. The number of pyridine rings is 1. The molecule has 1 aromatic heterocycles. The summed E-state index contributed by atoms with van der Waals surface area (Å²) in [7, 11) is 0. The first kappa shape index (κ1) is 22.9. The Balaban J connectivity index is 1.64. The van der Waals surface area contributed by atoms with Crippen LogP contribution in [0.1, 0.15) is 53.0 Å². The number of hydrogen-bond donors (Lipinski definition) is 1. The molecule has 1 unspecified atom stereocenters. The Hall–Kier alpha value is -3.25. The van der Waals surface area contributed by atoms with E-state index < -0.39 is 12.1 Å². The van der Waals surface area contributed by atoms with Gasteiger partial charge in [-0.3, -0.25) is 14.7 Å². The van der Waals surface area contributed by atoms with Crippen LogP contribution in [-0.4, -0.2) is 41.0 Å². The van der Waals surface area contributed by atoms with E-state index >= 15 is 0 Å². The number of carbonyl (C=O) groups is 2. The lowest BCUT2D eigenvalue weighted by Gasteiger charge is -2.29. The molecular formula is C27H31N3O3. The molecule has 6 heteroatoms. The number of rotatable bonds is 6. The number of para-hydroxylation sites is 1. The number of amides is 1.